The summed E-state index contributed by atoms with van der Waals surface area (Å²) in [5, 5.41) is 5.03. The van der Waals surface area contributed by atoms with E-state index in [1.807, 2.05) is 0 Å². The van der Waals surface area contributed by atoms with Crippen LogP contribution in [0.3, 0.4) is 0 Å². The molecule has 0 saturated heterocycles. The van der Waals surface area contributed by atoms with Crippen LogP contribution in [0.15, 0.2) is 237 Å². The summed E-state index contributed by atoms with van der Waals surface area (Å²) < 4.78 is 0. The normalized spacial score (nSPS) is 12.6. The average molecular weight is 738 g/mol. The van der Waals surface area contributed by atoms with Crippen molar-refractivity contribution < 1.29 is 0 Å². The van der Waals surface area contributed by atoms with Gasteiger partial charge in [-0.05, 0) is 120 Å². The van der Waals surface area contributed by atoms with E-state index in [1.165, 1.54) is 77.2 Å². The van der Waals surface area contributed by atoms with Gasteiger partial charge in [-0.15, -0.1) is 0 Å². The molecule has 58 heavy (non-hydrogen) atoms. The largest absolute Gasteiger partial charge is 0.310 e. The Kier molecular flexibility index (Phi) is 8.12. The predicted molar refractivity (Wildman–Crippen MR) is 244 cm³/mol. The number of hydrogen-bond acceptors (Lipinski definition) is 1. The van der Waals surface area contributed by atoms with Gasteiger partial charge in [0.15, 0.2) is 0 Å². The molecule has 0 amide bonds. The summed E-state index contributed by atoms with van der Waals surface area (Å²) in [6.45, 7) is 0. The molecule has 0 heterocycles. The average Bonchev–Trinajstić information content (AvgIpc) is 3.60. The van der Waals surface area contributed by atoms with Gasteiger partial charge in [-0.3, -0.25) is 0 Å². The first-order chi connectivity index (χ1) is 28.8. The van der Waals surface area contributed by atoms with E-state index >= 15 is 0 Å². The smallest absolute Gasteiger partial charge is 0.0714 e. The van der Waals surface area contributed by atoms with Gasteiger partial charge >= 0.3 is 0 Å². The fraction of sp³-hybridized carbons (Fsp3) is 0.0175. The number of benzene rings is 10. The van der Waals surface area contributed by atoms with Crippen molar-refractivity contribution in [2.45, 2.75) is 5.41 Å². The van der Waals surface area contributed by atoms with Gasteiger partial charge in [-0.2, -0.15) is 0 Å². The summed E-state index contributed by atoms with van der Waals surface area (Å²) in [6.07, 6.45) is 0. The summed E-state index contributed by atoms with van der Waals surface area (Å²) in [7, 11) is 0. The number of anilines is 3. The van der Waals surface area contributed by atoms with Crippen LogP contribution in [-0.2, 0) is 5.41 Å². The standard InChI is InChI=1S/C57H39N/c1-4-16-40(17-5-1)41-28-32-47(33-29-41)58(48-34-30-42(31-35-48)56-50-24-12-10-18-43(50)38-44-19-11-13-25-51(44)56)49-36-37-53-52-26-14-15-27-54(52)57(55(53)39-49,45-20-6-2-7-21-45)46-22-8-3-9-23-46/h1-39H. The Labute approximate surface area is 339 Å². The highest BCUT2D eigenvalue weighted by Crippen LogP contribution is 2.57. The molecule has 0 fully saturated rings. The summed E-state index contributed by atoms with van der Waals surface area (Å²) in [6, 6.07) is 86.8. The van der Waals surface area contributed by atoms with E-state index in [1.54, 1.807) is 0 Å². The Morgan fingerprint density at radius 2 is 0.741 bits per heavy atom. The molecular weight excluding hydrogens is 699 g/mol. The number of hydrogen-bond donors (Lipinski definition) is 0. The third kappa shape index (κ3) is 5.39. The van der Waals surface area contributed by atoms with Crippen molar-refractivity contribution in [3.8, 4) is 33.4 Å². The molecule has 0 bridgehead atoms. The third-order valence-electron chi connectivity index (χ3n) is 12.1. The lowest BCUT2D eigenvalue weighted by molar-refractivity contribution is 0.768. The Morgan fingerprint density at radius 1 is 0.293 bits per heavy atom. The van der Waals surface area contributed by atoms with E-state index in [4.69, 9.17) is 0 Å². The van der Waals surface area contributed by atoms with E-state index in [2.05, 4.69) is 241 Å². The molecule has 0 unspecified atom stereocenters. The van der Waals surface area contributed by atoms with Crippen LogP contribution in [0, 0.1) is 0 Å². The van der Waals surface area contributed by atoms with Crippen molar-refractivity contribution in [2.75, 3.05) is 4.90 Å². The molecule has 0 aliphatic heterocycles. The van der Waals surface area contributed by atoms with Gasteiger partial charge in [0.25, 0.3) is 0 Å². The number of nitrogens with zero attached hydrogens (tertiary/aromatic N) is 1. The predicted octanol–water partition coefficient (Wildman–Crippen LogP) is 15.2. The molecule has 10 aromatic rings. The maximum Gasteiger partial charge on any atom is 0.0714 e. The van der Waals surface area contributed by atoms with E-state index in [0.29, 0.717) is 0 Å². The fourth-order valence-electron chi connectivity index (χ4n) is 9.55. The van der Waals surface area contributed by atoms with Gasteiger partial charge in [0.1, 0.15) is 0 Å². The quantitative estimate of drug-likeness (QED) is 0.147. The van der Waals surface area contributed by atoms with Crippen molar-refractivity contribution >= 4 is 38.6 Å². The fourth-order valence-corrected chi connectivity index (χ4v) is 9.55. The molecule has 1 aliphatic carbocycles. The molecule has 0 radical (unpaired) electrons. The lowest BCUT2D eigenvalue weighted by atomic mass is 9.67. The van der Waals surface area contributed by atoms with Crippen molar-refractivity contribution in [2.24, 2.45) is 0 Å². The minimum atomic E-state index is -0.493. The van der Waals surface area contributed by atoms with Crippen molar-refractivity contribution in [3.63, 3.8) is 0 Å². The minimum Gasteiger partial charge on any atom is -0.310 e. The van der Waals surface area contributed by atoms with E-state index in [9.17, 15) is 0 Å². The maximum absolute atomic E-state index is 2.45. The molecular formula is C57H39N. The molecule has 0 N–H and O–H groups in total. The van der Waals surface area contributed by atoms with Crippen LogP contribution < -0.4 is 4.90 Å². The van der Waals surface area contributed by atoms with Crippen LogP contribution in [0.4, 0.5) is 17.1 Å². The summed E-state index contributed by atoms with van der Waals surface area (Å²) in [4.78, 5) is 2.42. The zero-order chi connectivity index (χ0) is 38.5. The van der Waals surface area contributed by atoms with Crippen LogP contribution in [0.2, 0.25) is 0 Å². The Bertz CT molecular complexity index is 2980. The molecule has 1 heteroatoms. The number of fused-ring (bicyclic) bond motifs is 5. The highest BCUT2D eigenvalue weighted by molar-refractivity contribution is 6.12. The summed E-state index contributed by atoms with van der Waals surface area (Å²) >= 11 is 0. The van der Waals surface area contributed by atoms with Crippen LogP contribution in [-0.4, -0.2) is 0 Å². The summed E-state index contributed by atoms with van der Waals surface area (Å²) in [5.74, 6) is 0. The second kappa shape index (κ2) is 13.9. The van der Waals surface area contributed by atoms with Crippen molar-refractivity contribution in [1.82, 2.24) is 0 Å². The highest BCUT2D eigenvalue weighted by Gasteiger charge is 2.46. The van der Waals surface area contributed by atoms with Crippen molar-refractivity contribution in [1.29, 1.82) is 0 Å². The zero-order valence-corrected chi connectivity index (χ0v) is 32.0. The molecule has 11 rings (SSSR count). The van der Waals surface area contributed by atoms with E-state index in [-0.39, 0.29) is 0 Å². The molecule has 0 atom stereocenters. The molecule has 1 nitrogen and oxygen atoms in total. The molecule has 0 aromatic heterocycles. The van der Waals surface area contributed by atoms with E-state index in [0.717, 1.165) is 17.1 Å². The first-order valence-electron chi connectivity index (χ1n) is 20.1. The van der Waals surface area contributed by atoms with Crippen LogP contribution in [0.1, 0.15) is 22.3 Å². The minimum absolute atomic E-state index is 0.493. The topological polar surface area (TPSA) is 3.24 Å². The maximum atomic E-state index is 2.45. The molecule has 272 valence electrons. The highest BCUT2D eigenvalue weighted by atomic mass is 15.1. The Hall–Kier alpha value is -7.48. The SMILES string of the molecule is c1ccc(-c2ccc(N(c3ccc(-c4c5ccccc5cc5ccccc45)cc3)c3ccc4c(c3)C(c3ccccc3)(c3ccccc3)c3ccccc3-4)cc2)cc1. The van der Waals surface area contributed by atoms with Crippen LogP contribution in [0.25, 0.3) is 54.9 Å². The molecule has 0 spiro atoms. The second-order valence-electron chi connectivity index (χ2n) is 15.2. The first kappa shape index (κ1) is 33.8. The molecule has 0 saturated carbocycles. The Balaban J connectivity index is 1.12. The first-order valence-corrected chi connectivity index (χ1v) is 20.1. The number of rotatable bonds is 7. The lowest BCUT2D eigenvalue weighted by Gasteiger charge is -2.35. The monoisotopic (exact) mass is 737 g/mol. The zero-order valence-electron chi connectivity index (χ0n) is 32.0. The van der Waals surface area contributed by atoms with Crippen LogP contribution >= 0.6 is 0 Å². The lowest BCUT2D eigenvalue weighted by Crippen LogP contribution is -2.28. The Morgan fingerprint density at radius 3 is 1.34 bits per heavy atom. The van der Waals surface area contributed by atoms with Crippen molar-refractivity contribution in [3.05, 3.63) is 259 Å². The third-order valence-corrected chi connectivity index (χ3v) is 12.1. The van der Waals surface area contributed by atoms with Gasteiger partial charge in [0.05, 0.1) is 5.41 Å². The van der Waals surface area contributed by atoms with Gasteiger partial charge in [0, 0.05) is 17.1 Å². The summed E-state index contributed by atoms with van der Waals surface area (Å²) in [5.41, 5.74) is 15.3. The van der Waals surface area contributed by atoms with Gasteiger partial charge in [-0.1, -0.05) is 194 Å². The van der Waals surface area contributed by atoms with Gasteiger partial charge in [0.2, 0.25) is 0 Å². The molecule has 1 aliphatic rings. The second-order valence-corrected chi connectivity index (χ2v) is 15.2. The molecule has 10 aromatic carbocycles. The van der Waals surface area contributed by atoms with E-state index < -0.39 is 5.41 Å². The van der Waals surface area contributed by atoms with Gasteiger partial charge in [-0.25, -0.2) is 0 Å². The van der Waals surface area contributed by atoms with Crippen LogP contribution in [0.5, 0.6) is 0 Å². The van der Waals surface area contributed by atoms with Gasteiger partial charge < -0.3 is 4.90 Å².